The van der Waals surface area contributed by atoms with Crippen LogP contribution in [0.3, 0.4) is 0 Å². The maximum Gasteiger partial charge on any atom is 0.262 e. The van der Waals surface area contributed by atoms with Crippen molar-refractivity contribution in [1.82, 2.24) is 9.88 Å². The van der Waals surface area contributed by atoms with Crippen LogP contribution in [0.2, 0.25) is 0 Å². The van der Waals surface area contributed by atoms with Crippen LogP contribution in [0.4, 0.5) is 0 Å². The summed E-state index contributed by atoms with van der Waals surface area (Å²) in [5.74, 6) is -0.370. The average molecular weight is 406 g/mol. The Labute approximate surface area is 182 Å². The molecule has 0 atom stereocenters. The number of nitrogens with one attached hydrogen (secondary N) is 1. The highest BCUT2D eigenvalue weighted by Gasteiger charge is 2.16. The molecule has 31 heavy (non-hydrogen) atoms. The number of hydrogen-bond acceptors (Lipinski definition) is 2. The van der Waals surface area contributed by atoms with Gasteiger partial charge in [-0.2, -0.15) is 5.26 Å². The summed E-state index contributed by atoms with van der Waals surface area (Å²) in [4.78, 5) is 12.7. The molecule has 4 aromatic rings. The standard InChI is InChI=1S/C27H23N3O/c1-20-25(16-23(17-28)27(31)29-18-21-10-4-2-5-11-21)24-14-8-9-15-26(24)30(20)19-22-12-6-3-7-13-22/h2-16H,18-19H2,1H3,(H,29,31)/b23-16-. The van der Waals surface area contributed by atoms with Gasteiger partial charge in [0.1, 0.15) is 11.6 Å². The van der Waals surface area contributed by atoms with Gasteiger partial charge in [0.05, 0.1) is 0 Å². The highest BCUT2D eigenvalue weighted by Crippen LogP contribution is 2.28. The van der Waals surface area contributed by atoms with Gasteiger partial charge in [-0.1, -0.05) is 78.9 Å². The van der Waals surface area contributed by atoms with Gasteiger partial charge in [0, 0.05) is 35.2 Å². The van der Waals surface area contributed by atoms with E-state index in [1.165, 1.54) is 5.56 Å². The molecule has 1 aromatic heterocycles. The van der Waals surface area contributed by atoms with Crippen LogP contribution in [0.25, 0.3) is 17.0 Å². The number of hydrogen-bond donors (Lipinski definition) is 1. The smallest absolute Gasteiger partial charge is 0.262 e. The van der Waals surface area contributed by atoms with E-state index in [9.17, 15) is 10.1 Å². The summed E-state index contributed by atoms with van der Waals surface area (Å²) in [6.45, 7) is 3.14. The van der Waals surface area contributed by atoms with Crippen molar-refractivity contribution in [3.8, 4) is 6.07 Å². The number of carbonyl (C=O) groups excluding carboxylic acids is 1. The van der Waals surface area contributed by atoms with E-state index >= 15 is 0 Å². The van der Waals surface area contributed by atoms with Crippen molar-refractivity contribution in [2.75, 3.05) is 0 Å². The maximum absolute atomic E-state index is 12.7. The molecule has 0 spiro atoms. The van der Waals surface area contributed by atoms with Crippen molar-refractivity contribution in [2.45, 2.75) is 20.0 Å². The van der Waals surface area contributed by atoms with Gasteiger partial charge in [0.2, 0.25) is 0 Å². The SMILES string of the molecule is Cc1c(/C=C(/C#N)C(=O)NCc2ccccc2)c2ccccc2n1Cc1ccccc1. The fraction of sp³-hybridized carbons (Fsp3) is 0.111. The van der Waals surface area contributed by atoms with Crippen LogP contribution in [0.5, 0.6) is 0 Å². The minimum Gasteiger partial charge on any atom is -0.347 e. The Bertz CT molecular complexity index is 1280. The van der Waals surface area contributed by atoms with Gasteiger partial charge in [0.15, 0.2) is 0 Å². The second-order valence-corrected chi connectivity index (χ2v) is 7.43. The monoisotopic (exact) mass is 405 g/mol. The van der Waals surface area contributed by atoms with Gasteiger partial charge in [-0.25, -0.2) is 0 Å². The summed E-state index contributed by atoms with van der Waals surface area (Å²) in [6.07, 6.45) is 1.71. The molecule has 0 aliphatic rings. The molecule has 0 fully saturated rings. The fourth-order valence-corrected chi connectivity index (χ4v) is 3.78. The highest BCUT2D eigenvalue weighted by molar-refractivity contribution is 6.04. The number of carbonyl (C=O) groups is 1. The van der Waals surface area contributed by atoms with Gasteiger partial charge in [0.25, 0.3) is 5.91 Å². The van der Waals surface area contributed by atoms with Crippen LogP contribution in [0.1, 0.15) is 22.4 Å². The number of nitrogens with zero attached hydrogens (tertiary/aromatic N) is 2. The minimum absolute atomic E-state index is 0.0987. The predicted octanol–water partition coefficient (Wildman–Crippen LogP) is 5.22. The van der Waals surface area contributed by atoms with Crippen molar-refractivity contribution in [2.24, 2.45) is 0 Å². The van der Waals surface area contributed by atoms with Gasteiger partial charge in [-0.15, -0.1) is 0 Å². The molecule has 0 unspecified atom stereocenters. The first-order valence-corrected chi connectivity index (χ1v) is 10.2. The zero-order chi connectivity index (χ0) is 21.6. The Kier molecular flexibility index (Phi) is 5.96. The molecule has 0 saturated carbocycles. The molecule has 0 aliphatic carbocycles. The third-order valence-electron chi connectivity index (χ3n) is 5.41. The third-order valence-corrected chi connectivity index (χ3v) is 5.41. The van der Waals surface area contributed by atoms with E-state index in [4.69, 9.17) is 0 Å². The van der Waals surface area contributed by atoms with Crippen molar-refractivity contribution >= 4 is 22.9 Å². The second-order valence-electron chi connectivity index (χ2n) is 7.43. The van der Waals surface area contributed by atoms with Crippen molar-refractivity contribution < 1.29 is 4.79 Å². The fourth-order valence-electron chi connectivity index (χ4n) is 3.78. The summed E-state index contributed by atoms with van der Waals surface area (Å²) < 4.78 is 2.23. The summed E-state index contributed by atoms with van der Waals surface area (Å²) in [7, 11) is 0. The Morgan fingerprint density at radius 1 is 0.935 bits per heavy atom. The Morgan fingerprint density at radius 2 is 1.55 bits per heavy atom. The van der Waals surface area contributed by atoms with E-state index in [1.54, 1.807) is 6.08 Å². The number of amides is 1. The second kappa shape index (κ2) is 9.15. The van der Waals surface area contributed by atoms with Crippen molar-refractivity contribution in [3.05, 3.63) is 113 Å². The van der Waals surface area contributed by atoms with E-state index in [0.29, 0.717) is 6.54 Å². The largest absolute Gasteiger partial charge is 0.347 e. The topological polar surface area (TPSA) is 57.8 Å². The Morgan fingerprint density at radius 3 is 2.23 bits per heavy atom. The lowest BCUT2D eigenvalue weighted by atomic mass is 10.1. The van der Waals surface area contributed by atoms with E-state index in [-0.39, 0.29) is 11.5 Å². The van der Waals surface area contributed by atoms with Gasteiger partial charge >= 0.3 is 0 Å². The first-order chi connectivity index (χ1) is 15.2. The average Bonchev–Trinajstić information content (AvgIpc) is 3.08. The lowest BCUT2D eigenvalue weighted by Gasteiger charge is -2.09. The van der Waals surface area contributed by atoms with Crippen molar-refractivity contribution in [3.63, 3.8) is 0 Å². The molecular formula is C27H23N3O. The molecule has 4 rings (SSSR count). The number of aromatic nitrogens is 1. The lowest BCUT2D eigenvalue weighted by molar-refractivity contribution is -0.117. The van der Waals surface area contributed by atoms with Crippen LogP contribution < -0.4 is 5.32 Å². The molecule has 4 nitrogen and oxygen atoms in total. The zero-order valence-electron chi connectivity index (χ0n) is 17.4. The molecule has 4 heteroatoms. The van der Waals surface area contributed by atoms with E-state index < -0.39 is 0 Å². The Balaban J connectivity index is 1.68. The molecule has 0 radical (unpaired) electrons. The van der Waals surface area contributed by atoms with E-state index in [0.717, 1.165) is 34.3 Å². The molecule has 1 amide bonds. The zero-order valence-corrected chi connectivity index (χ0v) is 17.4. The van der Waals surface area contributed by atoms with E-state index in [1.807, 2.05) is 73.7 Å². The van der Waals surface area contributed by atoms with Crippen LogP contribution in [0.15, 0.2) is 90.5 Å². The minimum atomic E-state index is -0.370. The van der Waals surface area contributed by atoms with Gasteiger partial charge < -0.3 is 9.88 Å². The van der Waals surface area contributed by atoms with Crippen LogP contribution in [-0.4, -0.2) is 10.5 Å². The number of nitriles is 1. The first-order valence-electron chi connectivity index (χ1n) is 10.2. The van der Waals surface area contributed by atoms with Gasteiger partial charge in [-0.05, 0) is 30.2 Å². The van der Waals surface area contributed by atoms with Crippen LogP contribution >= 0.6 is 0 Å². The predicted molar refractivity (Wildman–Crippen MR) is 124 cm³/mol. The number of rotatable bonds is 6. The van der Waals surface area contributed by atoms with E-state index in [2.05, 4.69) is 34.2 Å². The number of para-hydroxylation sites is 1. The van der Waals surface area contributed by atoms with Crippen LogP contribution in [-0.2, 0) is 17.9 Å². The number of benzene rings is 3. The highest BCUT2D eigenvalue weighted by atomic mass is 16.1. The molecule has 0 saturated heterocycles. The summed E-state index contributed by atoms with van der Waals surface area (Å²) in [5, 5.41) is 13.5. The molecule has 0 bridgehead atoms. The Hall–Kier alpha value is -4.10. The first kappa shape index (κ1) is 20.2. The molecule has 0 aliphatic heterocycles. The third kappa shape index (κ3) is 4.41. The summed E-state index contributed by atoms with van der Waals surface area (Å²) in [5.41, 5.74) is 5.29. The molecule has 3 aromatic carbocycles. The quantitative estimate of drug-likeness (QED) is 0.353. The normalized spacial score (nSPS) is 11.3. The molecule has 1 N–H and O–H groups in total. The number of fused-ring (bicyclic) bond motifs is 1. The van der Waals surface area contributed by atoms with Gasteiger partial charge in [-0.3, -0.25) is 4.79 Å². The summed E-state index contributed by atoms with van der Waals surface area (Å²) >= 11 is 0. The lowest BCUT2D eigenvalue weighted by Crippen LogP contribution is -2.23. The molecule has 152 valence electrons. The molecule has 1 heterocycles. The molecular weight excluding hydrogens is 382 g/mol. The van der Waals surface area contributed by atoms with Crippen LogP contribution in [0, 0.1) is 18.3 Å². The van der Waals surface area contributed by atoms with Crippen molar-refractivity contribution in [1.29, 1.82) is 5.26 Å². The maximum atomic E-state index is 12.7. The summed E-state index contributed by atoms with van der Waals surface area (Å²) in [6, 6.07) is 30.1.